The molecule has 3 nitrogen and oxygen atoms in total. The van der Waals surface area contributed by atoms with E-state index in [1.54, 1.807) is 0 Å². The van der Waals surface area contributed by atoms with Gasteiger partial charge >= 0.3 is 5.97 Å². The molecule has 19 heavy (non-hydrogen) atoms. The van der Waals surface area contributed by atoms with Gasteiger partial charge in [-0.2, -0.15) is 0 Å². The zero-order chi connectivity index (χ0) is 14.3. The van der Waals surface area contributed by atoms with E-state index in [1.165, 1.54) is 12.7 Å². The maximum atomic E-state index is 11.4. The molecular formula is C16H25NO2. The summed E-state index contributed by atoms with van der Waals surface area (Å²) in [5.41, 5.74) is 2.28. The van der Waals surface area contributed by atoms with Crippen molar-refractivity contribution >= 4 is 5.97 Å². The van der Waals surface area contributed by atoms with Crippen LogP contribution >= 0.6 is 0 Å². The summed E-state index contributed by atoms with van der Waals surface area (Å²) in [7, 11) is 1.43. The van der Waals surface area contributed by atoms with Crippen LogP contribution in [0.1, 0.15) is 38.3 Å². The monoisotopic (exact) mass is 263 g/mol. The Labute approximate surface area is 116 Å². The number of carbonyl (C=O) groups is 1. The Hall–Kier alpha value is -1.35. The minimum Gasteiger partial charge on any atom is -0.469 e. The smallest absolute Gasteiger partial charge is 0.309 e. The molecule has 3 heteroatoms. The van der Waals surface area contributed by atoms with Gasteiger partial charge in [0.05, 0.1) is 13.5 Å². The van der Waals surface area contributed by atoms with Gasteiger partial charge in [-0.25, -0.2) is 0 Å². The van der Waals surface area contributed by atoms with Crippen LogP contribution in [0.4, 0.5) is 0 Å². The summed E-state index contributed by atoms with van der Waals surface area (Å²) in [5.74, 6) is -0.181. The number of benzene rings is 1. The van der Waals surface area contributed by atoms with Gasteiger partial charge in [-0.3, -0.25) is 9.69 Å². The number of hydrogen-bond donors (Lipinski definition) is 0. The number of esters is 1. The van der Waals surface area contributed by atoms with Crippen molar-refractivity contribution in [3.8, 4) is 0 Å². The van der Waals surface area contributed by atoms with Crippen molar-refractivity contribution in [1.82, 2.24) is 4.90 Å². The fourth-order valence-electron chi connectivity index (χ4n) is 2.17. The molecule has 0 aliphatic heterocycles. The molecule has 1 aromatic rings. The third kappa shape index (κ3) is 4.67. The van der Waals surface area contributed by atoms with Crippen LogP contribution in [0.5, 0.6) is 0 Å². The Balaban J connectivity index is 2.84. The first-order valence-electron chi connectivity index (χ1n) is 6.99. The highest BCUT2D eigenvalue weighted by molar-refractivity contribution is 5.72. The lowest BCUT2D eigenvalue weighted by Crippen LogP contribution is -2.32. The Morgan fingerprint density at radius 3 is 2.42 bits per heavy atom. The van der Waals surface area contributed by atoms with E-state index >= 15 is 0 Å². The summed E-state index contributed by atoms with van der Waals surface area (Å²) in [6.45, 7) is 8.52. The Kier molecular flexibility index (Phi) is 6.57. The first-order valence-corrected chi connectivity index (χ1v) is 6.99. The van der Waals surface area contributed by atoms with Crippen LogP contribution in [-0.4, -0.2) is 30.6 Å². The topological polar surface area (TPSA) is 29.5 Å². The average Bonchev–Trinajstić information content (AvgIpc) is 2.45. The predicted molar refractivity (Wildman–Crippen MR) is 78.0 cm³/mol. The third-order valence-electron chi connectivity index (χ3n) is 3.67. The lowest BCUT2D eigenvalue weighted by atomic mass is 10.0. The van der Waals surface area contributed by atoms with Crippen molar-refractivity contribution in [3.63, 3.8) is 0 Å². The van der Waals surface area contributed by atoms with Crippen molar-refractivity contribution < 1.29 is 9.53 Å². The quantitative estimate of drug-likeness (QED) is 0.708. The third-order valence-corrected chi connectivity index (χ3v) is 3.67. The molecule has 0 spiro atoms. The van der Waals surface area contributed by atoms with Crippen molar-refractivity contribution in [1.29, 1.82) is 0 Å². The van der Waals surface area contributed by atoms with Crippen molar-refractivity contribution in [2.45, 2.75) is 46.2 Å². The predicted octanol–water partition coefficient (Wildman–Crippen LogP) is 3.02. The summed E-state index contributed by atoms with van der Waals surface area (Å²) in [5, 5.41) is 0. The SMILES string of the molecule is CCC(C)N(CC)Cc1ccccc1CC(=O)OC. The molecule has 0 aliphatic carbocycles. The second kappa shape index (κ2) is 7.95. The van der Waals surface area contributed by atoms with Crippen LogP contribution in [0.3, 0.4) is 0 Å². The maximum absolute atomic E-state index is 11.4. The van der Waals surface area contributed by atoms with Crippen molar-refractivity contribution in [2.75, 3.05) is 13.7 Å². The summed E-state index contributed by atoms with van der Waals surface area (Å²) in [4.78, 5) is 13.9. The molecule has 0 fully saturated rings. The minimum atomic E-state index is -0.181. The number of methoxy groups -OCH3 is 1. The zero-order valence-corrected chi connectivity index (χ0v) is 12.5. The molecule has 0 aromatic heterocycles. The lowest BCUT2D eigenvalue weighted by Gasteiger charge is -2.27. The van der Waals surface area contributed by atoms with Crippen LogP contribution in [-0.2, 0) is 22.5 Å². The van der Waals surface area contributed by atoms with E-state index in [2.05, 4.69) is 31.7 Å². The standard InChI is InChI=1S/C16H25NO2/c1-5-13(3)17(6-2)12-15-10-8-7-9-14(15)11-16(18)19-4/h7-10,13H,5-6,11-12H2,1-4H3. The van der Waals surface area contributed by atoms with E-state index in [0.29, 0.717) is 12.5 Å². The number of carbonyl (C=O) groups excluding carboxylic acids is 1. The first kappa shape index (κ1) is 15.7. The van der Waals surface area contributed by atoms with Crippen molar-refractivity contribution in [3.05, 3.63) is 35.4 Å². The summed E-state index contributed by atoms with van der Waals surface area (Å²) < 4.78 is 4.76. The molecule has 1 atom stereocenters. The molecular weight excluding hydrogens is 238 g/mol. The van der Waals surface area contributed by atoms with Crippen molar-refractivity contribution in [2.24, 2.45) is 0 Å². The van der Waals surface area contributed by atoms with Gasteiger partial charge in [-0.1, -0.05) is 38.1 Å². The minimum absolute atomic E-state index is 0.181. The highest BCUT2D eigenvalue weighted by Crippen LogP contribution is 2.15. The zero-order valence-electron chi connectivity index (χ0n) is 12.5. The van der Waals surface area contributed by atoms with Gasteiger partial charge < -0.3 is 4.74 Å². The highest BCUT2D eigenvalue weighted by Gasteiger charge is 2.14. The Bertz CT molecular complexity index is 403. The summed E-state index contributed by atoms with van der Waals surface area (Å²) >= 11 is 0. The molecule has 0 heterocycles. The molecule has 0 saturated carbocycles. The van der Waals surface area contributed by atoms with Crippen LogP contribution < -0.4 is 0 Å². The van der Waals surface area contributed by atoms with Gasteiger partial charge in [-0.15, -0.1) is 0 Å². The van der Waals surface area contributed by atoms with Crippen LogP contribution in [0, 0.1) is 0 Å². The normalized spacial score (nSPS) is 12.5. The van der Waals surface area contributed by atoms with Gasteiger partial charge in [0.2, 0.25) is 0 Å². The molecule has 1 aromatic carbocycles. The molecule has 0 aliphatic rings. The molecule has 0 bridgehead atoms. The van der Waals surface area contributed by atoms with Crippen LogP contribution in [0.2, 0.25) is 0 Å². The molecule has 1 rings (SSSR count). The molecule has 0 saturated heterocycles. The van der Waals surface area contributed by atoms with E-state index in [1.807, 2.05) is 18.2 Å². The fraction of sp³-hybridized carbons (Fsp3) is 0.562. The summed E-state index contributed by atoms with van der Waals surface area (Å²) in [6, 6.07) is 8.67. The van der Waals surface area contributed by atoms with E-state index in [4.69, 9.17) is 4.74 Å². The van der Waals surface area contributed by atoms with Gasteiger partial charge in [0.15, 0.2) is 0 Å². The average molecular weight is 263 g/mol. The summed E-state index contributed by atoms with van der Waals surface area (Å²) in [6.07, 6.45) is 1.48. The second-order valence-electron chi connectivity index (χ2n) is 4.84. The largest absolute Gasteiger partial charge is 0.469 e. The molecule has 0 amide bonds. The highest BCUT2D eigenvalue weighted by atomic mass is 16.5. The molecule has 106 valence electrons. The second-order valence-corrected chi connectivity index (χ2v) is 4.84. The van der Waals surface area contributed by atoms with Gasteiger partial charge in [0.25, 0.3) is 0 Å². The van der Waals surface area contributed by atoms with Gasteiger partial charge in [0, 0.05) is 12.6 Å². The van der Waals surface area contributed by atoms with E-state index in [9.17, 15) is 4.79 Å². The number of hydrogen-bond acceptors (Lipinski definition) is 3. The molecule has 0 N–H and O–H groups in total. The van der Waals surface area contributed by atoms with Gasteiger partial charge in [0.1, 0.15) is 0 Å². The molecule has 0 radical (unpaired) electrons. The molecule has 1 unspecified atom stereocenters. The first-order chi connectivity index (χ1) is 9.12. The lowest BCUT2D eigenvalue weighted by molar-refractivity contribution is -0.139. The van der Waals surface area contributed by atoms with Gasteiger partial charge in [-0.05, 0) is 31.0 Å². The fourth-order valence-corrected chi connectivity index (χ4v) is 2.17. The number of ether oxygens (including phenoxy) is 1. The van der Waals surface area contributed by atoms with E-state index in [0.717, 1.165) is 25.1 Å². The number of rotatable bonds is 7. The number of nitrogens with zero attached hydrogens (tertiary/aromatic N) is 1. The van der Waals surface area contributed by atoms with E-state index in [-0.39, 0.29) is 5.97 Å². The van der Waals surface area contributed by atoms with Crippen LogP contribution in [0.15, 0.2) is 24.3 Å². The maximum Gasteiger partial charge on any atom is 0.309 e. The Morgan fingerprint density at radius 1 is 1.26 bits per heavy atom. The Morgan fingerprint density at radius 2 is 1.89 bits per heavy atom. The van der Waals surface area contributed by atoms with E-state index < -0.39 is 0 Å². The van der Waals surface area contributed by atoms with Crippen LogP contribution in [0.25, 0.3) is 0 Å².